The summed E-state index contributed by atoms with van der Waals surface area (Å²) in [5.41, 5.74) is 3.48. The molecule has 184 valence electrons. The van der Waals surface area contributed by atoms with Gasteiger partial charge in [0.1, 0.15) is 5.75 Å². The molecular formula is C27H21F3N2O4. The Labute approximate surface area is 204 Å². The van der Waals surface area contributed by atoms with Gasteiger partial charge in [0.05, 0.1) is 24.1 Å². The normalized spacial score (nSPS) is 15.6. The summed E-state index contributed by atoms with van der Waals surface area (Å²) in [5.74, 6) is -1.85. The van der Waals surface area contributed by atoms with Gasteiger partial charge in [-0.15, -0.1) is 13.2 Å². The fourth-order valence-electron chi connectivity index (χ4n) is 5.02. The van der Waals surface area contributed by atoms with Crippen LogP contribution < -0.4 is 4.74 Å². The van der Waals surface area contributed by atoms with Gasteiger partial charge in [-0.3, -0.25) is 9.78 Å². The van der Waals surface area contributed by atoms with E-state index < -0.39 is 18.2 Å². The molecule has 5 rings (SSSR count). The second kappa shape index (κ2) is 8.82. The summed E-state index contributed by atoms with van der Waals surface area (Å²) in [4.78, 5) is 34.2. The Morgan fingerprint density at radius 2 is 1.83 bits per heavy atom. The number of fused-ring (bicyclic) bond motifs is 2. The zero-order chi connectivity index (χ0) is 25.6. The van der Waals surface area contributed by atoms with Crippen molar-refractivity contribution >= 4 is 22.7 Å². The van der Waals surface area contributed by atoms with Crippen molar-refractivity contribution in [3.8, 4) is 16.9 Å². The third-order valence-corrected chi connectivity index (χ3v) is 6.44. The average molecular weight is 494 g/mol. The Kier molecular flexibility index (Phi) is 5.78. The monoisotopic (exact) mass is 494 g/mol. The van der Waals surface area contributed by atoms with Gasteiger partial charge in [-0.25, -0.2) is 4.79 Å². The number of esters is 1. The van der Waals surface area contributed by atoms with Crippen LogP contribution in [0.15, 0.2) is 54.7 Å². The third kappa shape index (κ3) is 4.10. The van der Waals surface area contributed by atoms with Gasteiger partial charge in [-0.1, -0.05) is 30.3 Å². The van der Waals surface area contributed by atoms with Crippen molar-refractivity contribution in [1.82, 2.24) is 9.97 Å². The predicted molar refractivity (Wildman–Crippen MR) is 126 cm³/mol. The zero-order valence-corrected chi connectivity index (χ0v) is 19.4. The van der Waals surface area contributed by atoms with Crippen molar-refractivity contribution in [2.75, 3.05) is 7.11 Å². The molecule has 0 spiro atoms. The number of ether oxygens (including phenoxy) is 2. The number of aryl methyl sites for hydroxylation is 1. The number of hydrogen-bond acceptors (Lipinski definition) is 5. The third-order valence-electron chi connectivity index (χ3n) is 6.44. The van der Waals surface area contributed by atoms with Crippen molar-refractivity contribution in [1.29, 1.82) is 0 Å². The second-order valence-corrected chi connectivity index (χ2v) is 8.62. The molecule has 1 aliphatic carbocycles. The fraction of sp³-hybridized carbons (Fsp3) is 0.222. The molecule has 2 aromatic carbocycles. The zero-order valence-electron chi connectivity index (χ0n) is 19.4. The summed E-state index contributed by atoms with van der Waals surface area (Å²) in [6.07, 6.45) is -2.95. The van der Waals surface area contributed by atoms with Crippen molar-refractivity contribution in [2.45, 2.75) is 32.0 Å². The molecule has 1 atom stereocenters. The number of nitrogens with zero attached hydrogens (tertiary/aromatic N) is 1. The Bertz CT molecular complexity index is 1510. The highest BCUT2D eigenvalue weighted by Gasteiger charge is 2.37. The Hall–Kier alpha value is -4.14. The Morgan fingerprint density at radius 1 is 1.06 bits per heavy atom. The number of benzene rings is 2. The van der Waals surface area contributed by atoms with Gasteiger partial charge in [0.25, 0.3) is 0 Å². The largest absolute Gasteiger partial charge is 0.573 e. The standard InChI is InChI=1S/C27H21F3N2O4/c1-14-23(26(34)35-2)24(18-7-5-8-19-17(18)10-11-31-19)25-20(32-14)12-15(13-21(25)33)16-6-3-4-9-22(16)36-27(28,29)30/h3-11,15,31H,12-13H2,1-2H3. The van der Waals surface area contributed by atoms with E-state index in [1.807, 2.05) is 24.3 Å². The molecule has 6 nitrogen and oxygen atoms in total. The van der Waals surface area contributed by atoms with Gasteiger partial charge in [-0.2, -0.15) is 0 Å². The van der Waals surface area contributed by atoms with Gasteiger partial charge in [-0.05, 0) is 42.7 Å². The quantitative estimate of drug-likeness (QED) is 0.345. The number of hydrogen-bond donors (Lipinski definition) is 1. The number of alkyl halides is 3. The average Bonchev–Trinajstić information content (AvgIpc) is 3.31. The number of nitrogens with one attached hydrogen (secondary N) is 1. The molecule has 4 aromatic rings. The highest BCUT2D eigenvalue weighted by Crippen LogP contribution is 2.43. The highest BCUT2D eigenvalue weighted by atomic mass is 19.4. The number of aromatic amines is 1. The molecule has 0 amide bonds. The van der Waals surface area contributed by atoms with Crippen LogP contribution in [0.3, 0.4) is 0 Å². The number of ketones is 1. The maximum absolute atomic E-state index is 13.6. The number of H-pyrrole nitrogens is 1. The molecule has 2 heterocycles. The maximum Gasteiger partial charge on any atom is 0.573 e. The summed E-state index contributed by atoms with van der Waals surface area (Å²) >= 11 is 0. The van der Waals surface area contributed by atoms with Gasteiger partial charge in [0, 0.05) is 40.6 Å². The van der Waals surface area contributed by atoms with Crippen LogP contribution in [0.4, 0.5) is 13.2 Å². The van der Waals surface area contributed by atoms with Crippen LogP contribution in [0.1, 0.15) is 50.0 Å². The Morgan fingerprint density at radius 3 is 2.58 bits per heavy atom. The van der Waals surface area contributed by atoms with Gasteiger partial charge in [0.15, 0.2) is 5.78 Å². The van der Waals surface area contributed by atoms with E-state index in [9.17, 15) is 22.8 Å². The predicted octanol–water partition coefficient (Wildman–Crippen LogP) is 6.14. The lowest BCUT2D eigenvalue weighted by Gasteiger charge is -2.28. The molecule has 0 radical (unpaired) electrons. The smallest absolute Gasteiger partial charge is 0.465 e. The minimum atomic E-state index is -4.86. The van der Waals surface area contributed by atoms with Gasteiger partial charge < -0.3 is 14.5 Å². The number of carbonyl (C=O) groups is 2. The molecule has 36 heavy (non-hydrogen) atoms. The number of halogens is 3. The molecule has 0 aliphatic heterocycles. The number of methoxy groups -OCH3 is 1. The van der Waals surface area contributed by atoms with E-state index in [2.05, 4.69) is 14.7 Å². The van der Waals surface area contributed by atoms with E-state index >= 15 is 0 Å². The number of Topliss-reactive ketones (excluding diaryl/α,β-unsaturated/α-hetero) is 1. The molecule has 1 unspecified atom stereocenters. The molecule has 0 bridgehead atoms. The van der Waals surface area contributed by atoms with Crippen molar-refractivity contribution in [3.05, 3.63) is 82.8 Å². The van der Waals surface area contributed by atoms with Crippen molar-refractivity contribution in [2.24, 2.45) is 0 Å². The highest BCUT2D eigenvalue weighted by molar-refractivity contribution is 6.13. The van der Waals surface area contributed by atoms with Crippen LogP contribution in [0.25, 0.3) is 22.0 Å². The number of aromatic nitrogens is 2. The topological polar surface area (TPSA) is 81.3 Å². The van der Waals surface area contributed by atoms with Crippen LogP contribution in [-0.4, -0.2) is 35.2 Å². The lowest BCUT2D eigenvalue weighted by Crippen LogP contribution is -2.25. The molecule has 1 N–H and O–H groups in total. The Balaban J connectivity index is 1.70. The number of para-hydroxylation sites is 1. The summed E-state index contributed by atoms with van der Waals surface area (Å²) in [7, 11) is 1.26. The molecule has 9 heteroatoms. The SMILES string of the molecule is COC(=O)c1c(C)nc2c(c1-c1cccc3[nH]ccc13)C(=O)CC(c1ccccc1OC(F)(F)F)C2. The van der Waals surface area contributed by atoms with Crippen LogP contribution in [0.2, 0.25) is 0 Å². The molecular weight excluding hydrogens is 473 g/mol. The van der Waals surface area contributed by atoms with E-state index in [0.29, 0.717) is 28.1 Å². The minimum absolute atomic E-state index is 0.0628. The number of rotatable bonds is 4. The number of pyridine rings is 1. The lowest BCUT2D eigenvalue weighted by molar-refractivity contribution is -0.275. The minimum Gasteiger partial charge on any atom is -0.465 e. The molecule has 0 fully saturated rings. The fourth-order valence-corrected chi connectivity index (χ4v) is 5.02. The molecule has 0 saturated heterocycles. The lowest BCUT2D eigenvalue weighted by atomic mass is 9.77. The van der Waals surface area contributed by atoms with Gasteiger partial charge >= 0.3 is 12.3 Å². The van der Waals surface area contributed by atoms with E-state index in [1.165, 1.54) is 25.3 Å². The summed E-state index contributed by atoms with van der Waals surface area (Å²) in [5, 5.41) is 0.814. The van der Waals surface area contributed by atoms with Crippen molar-refractivity contribution < 1.29 is 32.2 Å². The second-order valence-electron chi connectivity index (χ2n) is 8.62. The van der Waals surface area contributed by atoms with Crippen LogP contribution in [0, 0.1) is 6.92 Å². The van der Waals surface area contributed by atoms with Crippen molar-refractivity contribution in [3.63, 3.8) is 0 Å². The van der Waals surface area contributed by atoms with E-state index in [4.69, 9.17) is 4.74 Å². The summed E-state index contributed by atoms with van der Waals surface area (Å²) in [6.45, 7) is 1.65. The molecule has 2 aromatic heterocycles. The molecule has 0 saturated carbocycles. The van der Waals surface area contributed by atoms with Gasteiger partial charge in [0.2, 0.25) is 0 Å². The maximum atomic E-state index is 13.6. The first-order valence-corrected chi connectivity index (χ1v) is 11.2. The summed E-state index contributed by atoms with van der Waals surface area (Å²) in [6, 6.07) is 13.2. The molecule has 1 aliphatic rings. The van der Waals surface area contributed by atoms with Crippen LogP contribution in [-0.2, 0) is 11.2 Å². The first kappa shape index (κ1) is 23.6. The first-order valence-electron chi connectivity index (χ1n) is 11.2. The summed E-state index contributed by atoms with van der Waals surface area (Å²) < 4.78 is 48.3. The van der Waals surface area contributed by atoms with E-state index in [0.717, 1.165) is 10.9 Å². The van der Waals surface area contributed by atoms with E-state index in [-0.39, 0.29) is 35.5 Å². The van der Waals surface area contributed by atoms with Crippen LogP contribution >= 0.6 is 0 Å². The van der Waals surface area contributed by atoms with Crippen LogP contribution in [0.5, 0.6) is 5.75 Å². The number of carbonyl (C=O) groups excluding carboxylic acids is 2. The van der Waals surface area contributed by atoms with E-state index in [1.54, 1.807) is 19.2 Å². The first-order chi connectivity index (χ1) is 17.2.